The molecule has 0 heterocycles. The van der Waals surface area contributed by atoms with Crippen molar-refractivity contribution in [2.45, 2.75) is 44.4 Å². The number of benzene rings is 3. The summed E-state index contributed by atoms with van der Waals surface area (Å²) >= 11 is 0. The predicted molar refractivity (Wildman–Crippen MR) is 106 cm³/mol. The zero-order valence-corrected chi connectivity index (χ0v) is 14.9. The number of hydrogen-bond donors (Lipinski definition) is 0. The quantitative estimate of drug-likeness (QED) is 0.457. The molecular weight excluding hydrogens is 300 g/mol. The molecular formula is C25H24. The van der Waals surface area contributed by atoms with Crippen molar-refractivity contribution in [2.75, 3.05) is 0 Å². The SMILES string of the molecule is Cc1cccc2c1-c1ccc(-c3ccccc3)cc1C21CCCCC1. The fourth-order valence-electron chi connectivity index (χ4n) is 5.23. The van der Waals surface area contributed by atoms with Crippen LogP contribution >= 0.6 is 0 Å². The van der Waals surface area contributed by atoms with Gasteiger partial charge < -0.3 is 0 Å². The summed E-state index contributed by atoms with van der Waals surface area (Å²) in [7, 11) is 0. The zero-order valence-electron chi connectivity index (χ0n) is 14.9. The van der Waals surface area contributed by atoms with Crippen LogP contribution in [0.1, 0.15) is 48.8 Å². The highest BCUT2D eigenvalue weighted by atomic mass is 14.5. The highest BCUT2D eigenvalue weighted by Gasteiger charge is 2.44. The van der Waals surface area contributed by atoms with Gasteiger partial charge in [0.25, 0.3) is 0 Å². The molecule has 0 heteroatoms. The average Bonchev–Trinajstić information content (AvgIpc) is 2.94. The van der Waals surface area contributed by atoms with Gasteiger partial charge in [-0.15, -0.1) is 0 Å². The molecule has 3 aromatic rings. The van der Waals surface area contributed by atoms with Crippen LogP contribution in [-0.2, 0) is 5.41 Å². The molecule has 0 amide bonds. The second-order valence-corrected chi connectivity index (χ2v) is 7.77. The molecule has 25 heavy (non-hydrogen) atoms. The first-order chi connectivity index (χ1) is 12.3. The standard InChI is InChI=1S/C25H24/c1-18-9-8-12-22-24(18)21-14-13-20(19-10-4-2-5-11-19)17-23(21)25(22)15-6-3-7-16-25/h2,4-5,8-14,17H,3,6-7,15-16H2,1H3. The van der Waals surface area contributed by atoms with Gasteiger partial charge in [-0.05, 0) is 64.8 Å². The Labute approximate surface area is 150 Å². The first-order valence-corrected chi connectivity index (χ1v) is 9.60. The number of hydrogen-bond acceptors (Lipinski definition) is 0. The van der Waals surface area contributed by atoms with Gasteiger partial charge in [0.2, 0.25) is 0 Å². The lowest BCUT2D eigenvalue weighted by molar-refractivity contribution is 0.353. The van der Waals surface area contributed by atoms with Crippen molar-refractivity contribution in [2.24, 2.45) is 0 Å². The molecule has 1 saturated carbocycles. The van der Waals surface area contributed by atoms with Crippen molar-refractivity contribution in [3.63, 3.8) is 0 Å². The van der Waals surface area contributed by atoms with Gasteiger partial charge in [0.15, 0.2) is 0 Å². The maximum Gasteiger partial charge on any atom is 0.0215 e. The van der Waals surface area contributed by atoms with E-state index in [9.17, 15) is 0 Å². The van der Waals surface area contributed by atoms with E-state index in [0.717, 1.165) is 0 Å². The van der Waals surface area contributed by atoms with Crippen molar-refractivity contribution in [3.8, 4) is 22.3 Å². The maximum absolute atomic E-state index is 2.50. The molecule has 0 radical (unpaired) electrons. The van der Waals surface area contributed by atoms with E-state index >= 15 is 0 Å². The largest absolute Gasteiger partial charge is 0.0622 e. The Balaban J connectivity index is 1.77. The number of fused-ring (bicyclic) bond motifs is 5. The minimum absolute atomic E-state index is 0.250. The van der Waals surface area contributed by atoms with Gasteiger partial charge in [0.1, 0.15) is 0 Å². The summed E-state index contributed by atoms with van der Waals surface area (Å²) in [5, 5.41) is 0. The monoisotopic (exact) mass is 324 g/mol. The molecule has 0 aliphatic heterocycles. The van der Waals surface area contributed by atoms with E-state index in [1.807, 2.05) is 0 Å². The van der Waals surface area contributed by atoms with Gasteiger partial charge in [0.05, 0.1) is 0 Å². The van der Waals surface area contributed by atoms with Crippen molar-refractivity contribution < 1.29 is 0 Å². The molecule has 0 N–H and O–H groups in total. The minimum Gasteiger partial charge on any atom is -0.0622 e. The van der Waals surface area contributed by atoms with E-state index in [1.54, 1.807) is 11.1 Å². The van der Waals surface area contributed by atoms with Crippen LogP contribution in [0.5, 0.6) is 0 Å². The molecule has 1 fully saturated rings. The third-order valence-corrected chi connectivity index (χ3v) is 6.41. The average molecular weight is 324 g/mol. The first kappa shape index (κ1) is 15.0. The van der Waals surface area contributed by atoms with Crippen LogP contribution < -0.4 is 0 Å². The van der Waals surface area contributed by atoms with Gasteiger partial charge in [-0.25, -0.2) is 0 Å². The Morgan fingerprint density at radius 3 is 2.28 bits per heavy atom. The summed E-state index contributed by atoms with van der Waals surface area (Å²) in [6.45, 7) is 2.27. The van der Waals surface area contributed by atoms with Crippen LogP contribution in [0.2, 0.25) is 0 Å². The van der Waals surface area contributed by atoms with Crippen LogP contribution in [0.15, 0.2) is 66.7 Å². The molecule has 0 aromatic heterocycles. The Hall–Kier alpha value is -2.34. The van der Waals surface area contributed by atoms with E-state index in [-0.39, 0.29) is 5.41 Å². The fourth-order valence-corrected chi connectivity index (χ4v) is 5.23. The first-order valence-electron chi connectivity index (χ1n) is 9.60. The molecule has 5 rings (SSSR count). The lowest BCUT2D eigenvalue weighted by Gasteiger charge is -2.36. The summed E-state index contributed by atoms with van der Waals surface area (Å²) in [6.07, 6.45) is 6.69. The molecule has 1 spiro atoms. The molecule has 3 aromatic carbocycles. The molecule has 0 bridgehead atoms. The highest BCUT2D eigenvalue weighted by Crippen LogP contribution is 2.57. The Morgan fingerprint density at radius 2 is 1.48 bits per heavy atom. The van der Waals surface area contributed by atoms with E-state index in [1.165, 1.54) is 59.9 Å². The van der Waals surface area contributed by atoms with Gasteiger partial charge in [-0.1, -0.05) is 79.9 Å². The van der Waals surface area contributed by atoms with Crippen molar-refractivity contribution in [1.82, 2.24) is 0 Å². The number of aryl methyl sites for hydroxylation is 1. The van der Waals surface area contributed by atoms with Crippen LogP contribution in [0.3, 0.4) is 0 Å². The van der Waals surface area contributed by atoms with Crippen LogP contribution in [-0.4, -0.2) is 0 Å². The van der Waals surface area contributed by atoms with Gasteiger partial charge in [-0.3, -0.25) is 0 Å². The molecule has 0 nitrogen and oxygen atoms in total. The van der Waals surface area contributed by atoms with Crippen LogP contribution in [0.4, 0.5) is 0 Å². The van der Waals surface area contributed by atoms with E-state index in [2.05, 4.69) is 73.7 Å². The normalized spacial score (nSPS) is 17.3. The minimum atomic E-state index is 0.250. The number of rotatable bonds is 1. The van der Waals surface area contributed by atoms with Crippen molar-refractivity contribution >= 4 is 0 Å². The Bertz CT molecular complexity index is 928. The van der Waals surface area contributed by atoms with E-state index in [0.29, 0.717) is 0 Å². The molecule has 0 unspecified atom stereocenters. The highest BCUT2D eigenvalue weighted by molar-refractivity contribution is 5.85. The van der Waals surface area contributed by atoms with E-state index < -0.39 is 0 Å². The second-order valence-electron chi connectivity index (χ2n) is 7.77. The Kier molecular flexibility index (Phi) is 3.35. The second kappa shape index (κ2) is 5.59. The third-order valence-electron chi connectivity index (χ3n) is 6.41. The van der Waals surface area contributed by atoms with Crippen molar-refractivity contribution in [1.29, 1.82) is 0 Å². The summed E-state index contributed by atoms with van der Waals surface area (Å²) in [5.74, 6) is 0. The Morgan fingerprint density at radius 1 is 0.680 bits per heavy atom. The van der Waals surface area contributed by atoms with Gasteiger partial charge >= 0.3 is 0 Å². The van der Waals surface area contributed by atoms with Crippen LogP contribution in [0, 0.1) is 6.92 Å². The fraction of sp³-hybridized carbons (Fsp3) is 0.280. The van der Waals surface area contributed by atoms with Gasteiger partial charge in [0, 0.05) is 5.41 Å². The lowest BCUT2D eigenvalue weighted by Crippen LogP contribution is -2.28. The summed E-state index contributed by atoms with van der Waals surface area (Å²) in [4.78, 5) is 0. The molecule has 0 saturated heterocycles. The summed E-state index contributed by atoms with van der Waals surface area (Å²) in [5.41, 5.74) is 10.5. The summed E-state index contributed by atoms with van der Waals surface area (Å²) in [6, 6.07) is 24.9. The third kappa shape index (κ3) is 2.13. The smallest absolute Gasteiger partial charge is 0.0215 e. The molecule has 124 valence electrons. The maximum atomic E-state index is 2.50. The van der Waals surface area contributed by atoms with Gasteiger partial charge in [-0.2, -0.15) is 0 Å². The zero-order chi connectivity index (χ0) is 16.9. The van der Waals surface area contributed by atoms with Crippen LogP contribution in [0.25, 0.3) is 22.3 Å². The lowest BCUT2D eigenvalue weighted by atomic mass is 9.67. The van der Waals surface area contributed by atoms with Crippen molar-refractivity contribution in [3.05, 3.63) is 83.4 Å². The molecule has 2 aliphatic rings. The predicted octanol–water partition coefficient (Wildman–Crippen LogP) is 6.89. The summed E-state index contributed by atoms with van der Waals surface area (Å²) < 4.78 is 0. The van der Waals surface area contributed by atoms with E-state index in [4.69, 9.17) is 0 Å². The molecule has 0 atom stereocenters. The molecule has 2 aliphatic carbocycles. The topological polar surface area (TPSA) is 0 Å².